The van der Waals surface area contributed by atoms with E-state index in [0.29, 0.717) is 5.69 Å². The Balaban J connectivity index is 2.21. The minimum absolute atomic E-state index is 0.0589. The van der Waals surface area contributed by atoms with E-state index in [0.717, 1.165) is 10.1 Å². The van der Waals surface area contributed by atoms with Crippen LogP contribution >= 0.6 is 0 Å². The number of fused-ring (bicyclic) bond motifs is 1. The van der Waals surface area contributed by atoms with Gasteiger partial charge in [-0.05, 0) is 17.7 Å². The molecular formula is C22H19N3O4. The Morgan fingerprint density at radius 2 is 1.38 bits per heavy atom. The van der Waals surface area contributed by atoms with Crippen LogP contribution in [0.25, 0.3) is 16.7 Å². The first-order valence-electron chi connectivity index (χ1n) is 9.07. The SMILES string of the molecule is Cn1c(=O)c2c(O)c(Cc3ccccc3)c(=O)n(-c3ccccc3)c2n(C)c1=O. The molecule has 0 saturated carbocycles. The van der Waals surface area contributed by atoms with Crippen LogP contribution in [0.1, 0.15) is 11.1 Å². The van der Waals surface area contributed by atoms with Gasteiger partial charge in [0.25, 0.3) is 11.1 Å². The molecule has 29 heavy (non-hydrogen) atoms. The standard InChI is InChI=1S/C22H19N3O4/c1-23-19-17(21(28)24(2)22(23)29)18(26)16(13-14-9-5-3-6-10-14)20(27)25(19)15-11-7-4-8-12-15/h3-12,26H,13H2,1-2H3. The summed E-state index contributed by atoms with van der Waals surface area (Å²) < 4.78 is 3.45. The number of hydrogen-bond acceptors (Lipinski definition) is 4. The second kappa shape index (κ2) is 6.94. The Morgan fingerprint density at radius 3 is 2.00 bits per heavy atom. The lowest BCUT2D eigenvalue weighted by Crippen LogP contribution is -2.40. The topological polar surface area (TPSA) is 86.2 Å². The van der Waals surface area contributed by atoms with Crippen molar-refractivity contribution in [1.82, 2.24) is 13.7 Å². The number of nitrogens with zero attached hydrogens (tertiary/aromatic N) is 3. The summed E-state index contributed by atoms with van der Waals surface area (Å²) in [6, 6.07) is 18.0. The van der Waals surface area contributed by atoms with Crippen molar-refractivity contribution in [2.24, 2.45) is 14.1 Å². The van der Waals surface area contributed by atoms with Crippen LogP contribution in [0.5, 0.6) is 5.75 Å². The molecule has 4 rings (SSSR count). The van der Waals surface area contributed by atoms with Crippen molar-refractivity contribution in [3.63, 3.8) is 0 Å². The van der Waals surface area contributed by atoms with Gasteiger partial charge in [0.1, 0.15) is 16.8 Å². The first-order valence-corrected chi connectivity index (χ1v) is 9.07. The quantitative estimate of drug-likeness (QED) is 0.578. The van der Waals surface area contributed by atoms with Gasteiger partial charge < -0.3 is 5.11 Å². The lowest BCUT2D eigenvalue weighted by molar-refractivity contribution is 0.471. The third-order valence-corrected chi connectivity index (χ3v) is 5.07. The van der Waals surface area contributed by atoms with Crippen molar-refractivity contribution in [1.29, 1.82) is 0 Å². The summed E-state index contributed by atoms with van der Waals surface area (Å²) >= 11 is 0. The third kappa shape index (κ3) is 2.87. The molecule has 0 aliphatic heterocycles. The molecule has 2 aromatic carbocycles. The van der Waals surface area contributed by atoms with E-state index in [-0.39, 0.29) is 23.0 Å². The summed E-state index contributed by atoms with van der Waals surface area (Å²) in [6.45, 7) is 0. The fourth-order valence-corrected chi connectivity index (χ4v) is 3.56. The Labute approximate surface area is 165 Å². The predicted molar refractivity (Wildman–Crippen MR) is 111 cm³/mol. The van der Waals surface area contributed by atoms with Gasteiger partial charge in [-0.1, -0.05) is 48.5 Å². The number of aromatic hydroxyl groups is 1. The Kier molecular flexibility index (Phi) is 4.43. The monoisotopic (exact) mass is 389 g/mol. The molecule has 0 unspecified atom stereocenters. The zero-order chi connectivity index (χ0) is 20.7. The molecule has 4 aromatic rings. The number of aromatic nitrogens is 3. The normalized spacial score (nSPS) is 11.1. The molecular weight excluding hydrogens is 370 g/mol. The Hall–Kier alpha value is -3.87. The van der Waals surface area contributed by atoms with Crippen LogP contribution in [-0.4, -0.2) is 18.8 Å². The van der Waals surface area contributed by atoms with Crippen molar-refractivity contribution < 1.29 is 5.11 Å². The molecule has 0 fully saturated rings. The predicted octanol–water partition coefficient (Wildman–Crippen LogP) is 1.68. The molecule has 0 bridgehead atoms. The van der Waals surface area contributed by atoms with E-state index in [4.69, 9.17) is 0 Å². The molecule has 1 N–H and O–H groups in total. The molecule has 2 heterocycles. The van der Waals surface area contributed by atoms with Crippen molar-refractivity contribution >= 4 is 11.0 Å². The van der Waals surface area contributed by atoms with Gasteiger partial charge in [0.15, 0.2) is 0 Å². The highest BCUT2D eigenvalue weighted by Crippen LogP contribution is 2.26. The number of aryl methyl sites for hydroxylation is 1. The zero-order valence-electron chi connectivity index (χ0n) is 16.0. The lowest BCUT2D eigenvalue weighted by atomic mass is 10.0. The van der Waals surface area contributed by atoms with E-state index < -0.39 is 22.6 Å². The summed E-state index contributed by atoms with van der Waals surface area (Å²) in [4.78, 5) is 38.9. The van der Waals surface area contributed by atoms with Crippen molar-refractivity contribution in [3.8, 4) is 11.4 Å². The molecule has 0 aliphatic carbocycles. The van der Waals surface area contributed by atoms with Crippen LogP contribution in [0.2, 0.25) is 0 Å². The van der Waals surface area contributed by atoms with Crippen molar-refractivity contribution in [2.45, 2.75) is 6.42 Å². The lowest BCUT2D eigenvalue weighted by Gasteiger charge is -2.17. The van der Waals surface area contributed by atoms with Crippen LogP contribution < -0.4 is 16.8 Å². The number of pyridine rings is 1. The summed E-state index contributed by atoms with van der Waals surface area (Å²) in [6.07, 6.45) is 0.153. The molecule has 0 atom stereocenters. The van der Waals surface area contributed by atoms with Gasteiger partial charge in [-0.15, -0.1) is 0 Å². The minimum Gasteiger partial charge on any atom is -0.506 e. The maximum atomic E-state index is 13.4. The summed E-state index contributed by atoms with van der Waals surface area (Å²) in [5.74, 6) is -0.391. The van der Waals surface area contributed by atoms with Gasteiger partial charge in [-0.2, -0.15) is 0 Å². The largest absolute Gasteiger partial charge is 0.506 e. The van der Waals surface area contributed by atoms with Gasteiger partial charge in [0.05, 0.1) is 11.3 Å². The number of rotatable bonds is 3. The average molecular weight is 389 g/mol. The third-order valence-electron chi connectivity index (χ3n) is 5.07. The van der Waals surface area contributed by atoms with Crippen LogP contribution in [0, 0.1) is 0 Å². The highest BCUT2D eigenvalue weighted by atomic mass is 16.3. The van der Waals surface area contributed by atoms with Gasteiger partial charge in [0.2, 0.25) is 0 Å². The van der Waals surface area contributed by atoms with Crippen LogP contribution in [0.3, 0.4) is 0 Å². The van der Waals surface area contributed by atoms with E-state index in [2.05, 4.69) is 0 Å². The molecule has 0 aliphatic rings. The van der Waals surface area contributed by atoms with Crippen LogP contribution in [-0.2, 0) is 20.5 Å². The van der Waals surface area contributed by atoms with Gasteiger partial charge in [-0.3, -0.25) is 23.3 Å². The number of para-hydroxylation sites is 1. The molecule has 0 amide bonds. The van der Waals surface area contributed by atoms with E-state index in [9.17, 15) is 19.5 Å². The summed E-state index contributed by atoms with van der Waals surface area (Å²) in [5, 5.41) is 10.9. The first-order chi connectivity index (χ1) is 13.9. The molecule has 7 heteroatoms. The van der Waals surface area contributed by atoms with Gasteiger partial charge in [0, 0.05) is 20.5 Å². The molecule has 146 valence electrons. The maximum Gasteiger partial charge on any atom is 0.332 e. The van der Waals surface area contributed by atoms with E-state index in [1.807, 2.05) is 30.3 Å². The molecule has 0 spiro atoms. The summed E-state index contributed by atoms with van der Waals surface area (Å²) in [5.41, 5.74) is -0.234. The fraction of sp³-hybridized carbons (Fsp3) is 0.136. The molecule has 7 nitrogen and oxygen atoms in total. The average Bonchev–Trinajstić information content (AvgIpc) is 2.74. The zero-order valence-corrected chi connectivity index (χ0v) is 16.0. The molecule has 0 radical (unpaired) electrons. The van der Waals surface area contributed by atoms with Gasteiger partial charge in [-0.25, -0.2) is 4.79 Å². The van der Waals surface area contributed by atoms with Crippen LogP contribution in [0.15, 0.2) is 75.0 Å². The van der Waals surface area contributed by atoms with Crippen molar-refractivity contribution in [2.75, 3.05) is 0 Å². The van der Waals surface area contributed by atoms with E-state index in [1.165, 1.54) is 23.2 Å². The Bertz CT molecular complexity index is 1400. The van der Waals surface area contributed by atoms with E-state index >= 15 is 0 Å². The highest BCUT2D eigenvalue weighted by molar-refractivity contribution is 5.84. The fourth-order valence-electron chi connectivity index (χ4n) is 3.56. The van der Waals surface area contributed by atoms with Gasteiger partial charge >= 0.3 is 5.69 Å². The highest BCUT2D eigenvalue weighted by Gasteiger charge is 2.23. The molecule has 2 aromatic heterocycles. The second-order valence-corrected chi connectivity index (χ2v) is 6.87. The Morgan fingerprint density at radius 1 is 0.793 bits per heavy atom. The van der Waals surface area contributed by atoms with Crippen LogP contribution in [0.4, 0.5) is 0 Å². The summed E-state index contributed by atoms with van der Waals surface area (Å²) in [7, 11) is 2.82. The minimum atomic E-state index is -0.653. The number of hydrogen-bond donors (Lipinski definition) is 1. The maximum absolute atomic E-state index is 13.4. The van der Waals surface area contributed by atoms with E-state index in [1.54, 1.807) is 30.3 Å². The number of benzene rings is 2. The van der Waals surface area contributed by atoms with Crippen molar-refractivity contribution in [3.05, 3.63) is 103 Å². The first kappa shape index (κ1) is 18.5. The second-order valence-electron chi connectivity index (χ2n) is 6.87. The molecule has 0 saturated heterocycles. The smallest absolute Gasteiger partial charge is 0.332 e.